The summed E-state index contributed by atoms with van der Waals surface area (Å²) in [5, 5.41) is 11.9. The third-order valence-corrected chi connectivity index (χ3v) is 3.87. The fourth-order valence-electron chi connectivity index (χ4n) is 1.96. The quantitative estimate of drug-likeness (QED) is 0.825. The highest BCUT2D eigenvalue weighted by Crippen LogP contribution is 2.33. The van der Waals surface area contributed by atoms with Crippen LogP contribution in [0.5, 0.6) is 0 Å². The Bertz CT molecular complexity index is 427. The van der Waals surface area contributed by atoms with Crippen LogP contribution in [-0.2, 0) is 9.59 Å². The fraction of sp³-hybridized carbons (Fsp3) is 0.455. The summed E-state index contributed by atoms with van der Waals surface area (Å²) in [6.07, 6.45) is 0.723. The highest BCUT2D eigenvalue weighted by atomic mass is 32.1. The Morgan fingerprint density at radius 2 is 2.31 bits per heavy atom. The molecule has 1 aromatic heterocycles. The number of carbonyl (C=O) groups excluding carboxylic acids is 1. The van der Waals surface area contributed by atoms with Crippen molar-refractivity contribution in [3.63, 3.8) is 0 Å². The van der Waals surface area contributed by atoms with Crippen molar-refractivity contribution >= 4 is 23.2 Å². The zero-order valence-corrected chi connectivity index (χ0v) is 9.71. The highest BCUT2D eigenvalue weighted by molar-refractivity contribution is 7.12. The monoisotopic (exact) mass is 239 g/mol. The first-order valence-electron chi connectivity index (χ1n) is 5.16. The van der Waals surface area contributed by atoms with Crippen LogP contribution < -0.4 is 5.32 Å². The van der Waals surface area contributed by atoms with Crippen molar-refractivity contribution in [3.05, 3.63) is 21.9 Å². The molecule has 2 heterocycles. The first-order chi connectivity index (χ1) is 7.58. The summed E-state index contributed by atoms with van der Waals surface area (Å²) in [6.45, 7) is 1.97. The predicted molar refractivity (Wildman–Crippen MR) is 60.3 cm³/mol. The second kappa shape index (κ2) is 4.25. The van der Waals surface area contributed by atoms with Crippen molar-refractivity contribution < 1.29 is 14.7 Å². The molecule has 0 radical (unpaired) electrons. The number of amides is 1. The van der Waals surface area contributed by atoms with Crippen LogP contribution in [0.25, 0.3) is 0 Å². The molecule has 5 heteroatoms. The molecule has 0 unspecified atom stereocenters. The van der Waals surface area contributed by atoms with Gasteiger partial charge in [0.2, 0.25) is 5.91 Å². The summed E-state index contributed by atoms with van der Waals surface area (Å²) in [5.41, 5.74) is 0. The van der Waals surface area contributed by atoms with Crippen LogP contribution in [-0.4, -0.2) is 17.0 Å². The van der Waals surface area contributed by atoms with Gasteiger partial charge in [0.05, 0.1) is 12.0 Å². The van der Waals surface area contributed by atoms with Crippen molar-refractivity contribution in [2.45, 2.75) is 25.8 Å². The maximum absolute atomic E-state index is 11.3. The number of hydrogen-bond donors (Lipinski definition) is 2. The first kappa shape index (κ1) is 11.1. The van der Waals surface area contributed by atoms with Gasteiger partial charge in [-0.1, -0.05) is 0 Å². The fourth-order valence-corrected chi connectivity index (χ4v) is 2.95. The van der Waals surface area contributed by atoms with Crippen molar-refractivity contribution in [1.82, 2.24) is 5.32 Å². The van der Waals surface area contributed by atoms with E-state index in [0.717, 1.165) is 9.75 Å². The molecular weight excluding hydrogens is 226 g/mol. The third kappa shape index (κ3) is 2.09. The summed E-state index contributed by atoms with van der Waals surface area (Å²) in [5.74, 6) is -1.40. The largest absolute Gasteiger partial charge is 0.481 e. The zero-order chi connectivity index (χ0) is 11.7. The lowest BCUT2D eigenvalue weighted by Gasteiger charge is -2.28. The van der Waals surface area contributed by atoms with E-state index in [2.05, 4.69) is 5.32 Å². The minimum Gasteiger partial charge on any atom is -0.481 e. The number of hydrogen-bond acceptors (Lipinski definition) is 3. The number of rotatable bonds is 2. The summed E-state index contributed by atoms with van der Waals surface area (Å²) in [7, 11) is 0. The van der Waals surface area contributed by atoms with E-state index < -0.39 is 11.9 Å². The van der Waals surface area contributed by atoms with Crippen molar-refractivity contribution in [2.75, 3.05) is 0 Å². The molecule has 1 saturated heterocycles. The van der Waals surface area contributed by atoms with E-state index in [1.165, 1.54) is 11.3 Å². The number of aliphatic carboxylic acids is 1. The Morgan fingerprint density at radius 3 is 2.88 bits per heavy atom. The Balaban J connectivity index is 2.27. The molecule has 2 rings (SSSR count). The molecule has 1 aliphatic heterocycles. The van der Waals surface area contributed by atoms with Crippen LogP contribution in [0.15, 0.2) is 12.1 Å². The Labute approximate surface area is 97.3 Å². The van der Waals surface area contributed by atoms with Gasteiger partial charge in [0.1, 0.15) is 0 Å². The normalized spacial score (nSPS) is 25.2. The van der Waals surface area contributed by atoms with Crippen LogP contribution >= 0.6 is 11.3 Å². The molecule has 0 aliphatic carbocycles. The lowest BCUT2D eigenvalue weighted by Crippen LogP contribution is -2.41. The predicted octanol–water partition coefficient (Wildman–Crippen LogP) is 1.71. The molecule has 0 aromatic carbocycles. The van der Waals surface area contributed by atoms with Gasteiger partial charge in [0.15, 0.2) is 0 Å². The molecule has 0 bridgehead atoms. The van der Waals surface area contributed by atoms with Crippen molar-refractivity contribution in [2.24, 2.45) is 5.92 Å². The van der Waals surface area contributed by atoms with E-state index in [1.807, 2.05) is 19.1 Å². The minimum atomic E-state index is -0.837. The van der Waals surface area contributed by atoms with Gasteiger partial charge < -0.3 is 10.4 Å². The SMILES string of the molecule is Cc1ccc([C@H]2NC(=O)CC[C@@H]2C(=O)O)s1. The highest BCUT2D eigenvalue weighted by Gasteiger charge is 2.35. The van der Waals surface area contributed by atoms with Crippen LogP contribution in [0.4, 0.5) is 0 Å². The van der Waals surface area contributed by atoms with Crippen LogP contribution in [0.3, 0.4) is 0 Å². The molecule has 4 nitrogen and oxygen atoms in total. The topological polar surface area (TPSA) is 66.4 Å². The van der Waals surface area contributed by atoms with Crippen LogP contribution in [0.1, 0.15) is 28.6 Å². The zero-order valence-electron chi connectivity index (χ0n) is 8.90. The number of carboxylic acids is 1. The van der Waals surface area contributed by atoms with Gasteiger partial charge in [-0.3, -0.25) is 9.59 Å². The van der Waals surface area contributed by atoms with Crippen LogP contribution in [0.2, 0.25) is 0 Å². The van der Waals surface area contributed by atoms with Crippen LogP contribution in [0, 0.1) is 12.8 Å². The number of nitrogens with one attached hydrogen (secondary N) is 1. The number of piperidine rings is 1. The van der Waals surface area contributed by atoms with Gasteiger partial charge in [-0.25, -0.2) is 0 Å². The van der Waals surface area contributed by atoms with E-state index in [-0.39, 0.29) is 11.9 Å². The maximum atomic E-state index is 11.3. The smallest absolute Gasteiger partial charge is 0.308 e. The number of carboxylic acid groups (broad SMARTS) is 1. The van der Waals surface area contributed by atoms with Gasteiger partial charge in [-0.15, -0.1) is 11.3 Å². The summed E-state index contributed by atoms with van der Waals surface area (Å²) in [4.78, 5) is 24.5. The standard InChI is InChI=1S/C11H13NO3S/c1-6-2-4-8(16-6)10-7(11(14)15)3-5-9(13)12-10/h2,4,7,10H,3,5H2,1H3,(H,12,13)(H,14,15)/t7-,10-/m0/s1. The molecule has 1 aliphatic rings. The molecule has 2 atom stereocenters. The molecule has 16 heavy (non-hydrogen) atoms. The lowest BCUT2D eigenvalue weighted by atomic mass is 9.89. The van der Waals surface area contributed by atoms with E-state index in [9.17, 15) is 9.59 Å². The van der Waals surface area contributed by atoms with Gasteiger partial charge in [0.25, 0.3) is 0 Å². The first-order valence-corrected chi connectivity index (χ1v) is 5.98. The lowest BCUT2D eigenvalue weighted by molar-refractivity contribution is -0.145. The number of aryl methyl sites for hydroxylation is 1. The summed E-state index contributed by atoms with van der Waals surface area (Å²) < 4.78 is 0. The van der Waals surface area contributed by atoms with E-state index in [4.69, 9.17) is 5.11 Å². The summed E-state index contributed by atoms with van der Waals surface area (Å²) in [6, 6.07) is 3.48. The van der Waals surface area contributed by atoms with Gasteiger partial charge in [0, 0.05) is 16.2 Å². The second-order valence-corrected chi connectivity index (χ2v) is 5.30. The molecule has 1 amide bonds. The van der Waals surface area contributed by atoms with Crippen molar-refractivity contribution in [3.8, 4) is 0 Å². The Kier molecular flexibility index (Phi) is 2.96. The molecule has 1 aromatic rings. The minimum absolute atomic E-state index is 0.0615. The molecule has 1 fully saturated rings. The molecule has 0 saturated carbocycles. The van der Waals surface area contributed by atoms with E-state index in [0.29, 0.717) is 12.8 Å². The number of carbonyl (C=O) groups is 2. The average molecular weight is 239 g/mol. The van der Waals surface area contributed by atoms with E-state index in [1.54, 1.807) is 0 Å². The molecule has 0 spiro atoms. The molecule has 86 valence electrons. The average Bonchev–Trinajstić information content (AvgIpc) is 2.64. The molecular formula is C11H13NO3S. The maximum Gasteiger partial charge on any atom is 0.308 e. The van der Waals surface area contributed by atoms with Crippen molar-refractivity contribution in [1.29, 1.82) is 0 Å². The van der Waals surface area contributed by atoms with Gasteiger partial charge >= 0.3 is 5.97 Å². The number of thiophene rings is 1. The van der Waals surface area contributed by atoms with E-state index >= 15 is 0 Å². The Hall–Kier alpha value is -1.36. The van der Waals surface area contributed by atoms with Gasteiger partial charge in [-0.2, -0.15) is 0 Å². The second-order valence-electron chi connectivity index (χ2n) is 3.98. The third-order valence-electron chi connectivity index (χ3n) is 2.79. The Morgan fingerprint density at radius 1 is 1.56 bits per heavy atom. The molecule has 2 N–H and O–H groups in total. The van der Waals surface area contributed by atoms with Gasteiger partial charge in [-0.05, 0) is 25.5 Å². The summed E-state index contributed by atoms with van der Waals surface area (Å²) >= 11 is 1.54.